The Labute approximate surface area is 458 Å². The number of anilines is 6. The minimum Gasteiger partial charge on any atom is -0.278 e. The second-order valence-corrected chi connectivity index (χ2v) is 27.9. The molecule has 7 heteroatoms. The molecule has 0 saturated carbocycles. The predicted octanol–water partition coefficient (Wildman–Crippen LogP) is 11.0. The number of fused-ring (bicyclic) bond motifs is 4. The van der Waals surface area contributed by atoms with Crippen LogP contribution >= 0.6 is 0 Å². The van der Waals surface area contributed by atoms with Crippen molar-refractivity contribution >= 4 is 92.3 Å². The first kappa shape index (κ1) is 47.0. The molecule has 0 spiro atoms. The van der Waals surface area contributed by atoms with Crippen molar-refractivity contribution in [2.45, 2.75) is 12.8 Å². The molecule has 0 radical (unpaired) electrons. The van der Waals surface area contributed by atoms with Gasteiger partial charge in [0.05, 0.1) is 22.7 Å². The highest BCUT2D eigenvalue weighted by molar-refractivity contribution is 7.22. The number of para-hydroxylation sites is 4. The largest absolute Gasteiger partial charge is 0.278 e. The Morgan fingerprint density at radius 2 is 0.487 bits per heavy atom. The van der Waals surface area contributed by atoms with Gasteiger partial charge < -0.3 is 0 Å². The summed E-state index contributed by atoms with van der Waals surface area (Å²) >= 11 is 0. The lowest BCUT2D eigenvalue weighted by atomic mass is 9.96. The van der Waals surface area contributed by atoms with Gasteiger partial charge in [-0.1, -0.05) is 273 Å². The Morgan fingerprint density at radius 1 is 0.244 bits per heavy atom. The van der Waals surface area contributed by atoms with Crippen LogP contribution in [-0.2, 0) is 12.8 Å². The van der Waals surface area contributed by atoms with Crippen LogP contribution in [0.25, 0.3) is 11.4 Å². The number of hydrogen-bond acceptors (Lipinski definition) is 5. The topological polar surface area (TPSA) is 45.2 Å². The molecule has 14 rings (SSSR count). The molecule has 0 atom stereocenters. The van der Waals surface area contributed by atoms with Crippen molar-refractivity contribution in [2.24, 2.45) is 0 Å². The summed E-state index contributed by atoms with van der Waals surface area (Å²) in [5, 5.41) is 10.2. The van der Waals surface area contributed by atoms with Crippen molar-refractivity contribution < 1.29 is 0 Å². The number of aromatic nitrogens is 3. The molecule has 1 aromatic heterocycles. The van der Waals surface area contributed by atoms with Crippen LogP contribution in [0.3, 0.4) is 0 Å². The zero-order valence-electron chi connectivity index (χ0n) is 42.9. The molecule has 0 unspecified atom stereocenters. The highest BCUT2D eigenvalue weighted by Crippen LogP contribution is 2.46. The van der Waals surface area contributed by atoms with Gasteiger partial charge in [0.2, 0.25) is 11.9 Å². The SMILES string of the molecule is c1ccc([Si](c2ccccc2)(c2ccccc2)c2cc(-c3nc(N4c5ccccc5Cc5ccccc54)nc(N4c5ccccc5Cc5ccccc54)n3)cc([Si](c3ccccc3)(c3ccccc3)c3ccccc3)c2)cc1. The van der Waals surface area contributed by atoms with Crippen molar-refractivity contribution in [1.29, 1.82) is 0 Å². The number of rotatable bonds is 11. The third-order valence-electron chi connectivity index (χ3n) is 16.0. The number of nitrogens with zero attached hydrogens (tertiary/aromatic N) is 5. The van der Waals surface area contributed by atoms with E-state index in [1.807, 2.05) is 0 Å². The maximum absolute atomic E-state index is 5.82. The maximum Gasteiger partial charge on any atom is 0.240 e. The summed E-state index contributed by atoms with van der Waals surface area (Å²) in [6, 6.07) is 110. The first-order valence-electron chi connectivity index (χ1n) is 26.9. The molecule has 0 amide bonds. The van der Waals surface area contributed by atoms with E-state index in [4.69, 9.17) is 15.0 Å². The molecule has 5 nitrogen and oxygen atoms in total. The van der Waals surface area contributed by atoms with Crippen LogP contribution in [0.5, 0.6) is 0 Å². The van der Waals surface area contributed by atoms with Gasteiger partial charge in [0.25, 0.3) is 0 Å². The summed E-state index contributed by atoms with van der Waals surface area (Å²) in [6.07, 6.45) is 1.62. The van der Waals surface area contributed by atoms with Crippen LogP contribution in [0.4, 0.5) is 34.6 Å². The lowest BCUT2D eigenvalue weighted by Crippen LogP contribution is -2.78. The van der Waals surface area contributed by atoms with Crippen LogP contribution in [-0.4, -0.2) is 31.1 Å². The molecule has 370 valence electrons. The normalized spacial score (nSPS) is 12.7. The average Bonchev–Trinajstić information content (AvgIpc) is 3.66. The van der Waals surface area contributed by atoms with E-state index in [9.17, 15) is 0 Å². The third-order valence-corrected chi connectivity index (χ3v) is 25.5. The highest BCUT2D eigenvalue weighted by Gasteiger charge is 2.46. The smallest absolute Gasteiger partial charge is 0.240 e. The van der Waals surface area contributed by atoms with Gasteiger partial charge in [0.1, 0.15) is 0 Å². The van der Waals surface area contributed by atoms with E-state index in [-0.39, 0.29) is 0 Å². The van der Waals surface area contributed by atoms with Gasteiger partial charge in [-0.05, 0) is 88.0 Å². The van der Waals surface area contributed by atoms with Crippen molar-refractivity contribution in [3.63, 3.8) is 0 Å². The lowest BCUT2D eigenvalue weighted by Gasteiger charge is -2.38. The van der Waals surface area contributed by atoms with E-state index in [0.29, 0.717) is 17.7 Å². The fourth-order valence-corrected chi connectivity index (χ4v) is 22.4. The lowest BCUT2D eigenvalue weighted by molar-refractivity contribution is 0.954. The van der Waals surface area contributed by atoms with Crippen molar-refractivity contribution in [3.05, 3.63) is 320 Å². The quantitative estimate of drug-likeness (QED) is 0.0954. The van der Waals surface area contributed by atoms with Crippen LogP contribution in [0.1, 0.15) is 22.3 Å². The molecule has 0 fully saturated rings. The van der Waals surface area contributed by atoms with Crippen molar-refractivity contribution in [2.75, 3.05) is 9.80 Å². The minimum absolute atomic E-state index is 0.553. The highest BCUT2D eigenvalue weighted by atomic mass is 28.3. The summed E-state index contributed by atoms with van der Waals surface area (Å²) in [6.45, 7) is 0. The Hall–Kier alpha value is -9.54. The monoisotopic (exact) mass is 1030 g/mol. The molecule has 12 aromatic rings. The third kappa shape index (κ3) is 7.85. The summed E-state index contributed by atoms with van der Waals surface area (Å²) in [7, 11) is -6.46. The zero-order valence-corrected chi connectivity index (χ0v) is 44.9. The van der Waals surface area contributed by atoms with Gasteiger partial charge in [-0.15, -0.1) is 0 Å². The molecule has 3 heterocycles. The van der Waals surface area contributed by atoms with Crippen molar-refractivity contribution in [3.8, 4) is 11.4 Å². The fraction of sp³-hybridized carbons (Fsp3) is 0.0282. The first-order valence-corrected chi connectivity index (χ1v) is 30.9. The predicted molar refractivity (Wildman–Crippen MR) is 327 cm³/mol. The number of hydrogen-bond donors (Lipinski definition) is 0. The fourth-order valence-electron chi connectivity index (χ4n) is 12.6. The standard InChI is InChI=1S/C71H53N5Si2/c1-7-31-57(32-8-1)77(58-33-9-2-10-34-58,59-35-11-3-12-36-59)63-49-56(50-64(51-63)78(60-37-13-4-14-38-60,61-39-15-5-16-40-61)62-41-17-6-18-42-62)69-72-70(75-65-43-23-19-27-52(65)47-53-28-20-24-44-66(53)75)74-71(73-69)76-67-45-25-21-29-54(67)48-55-30-22-26-46-68(55)76/h1-46,49-51H,47-48H2. The van der Waals surface area contributed by atoms with Crippen LogP contribution in [0.2, 0.25) is 0 Å². The van der Waals surface area contributed by atoms with Gasteiger partial charge in [-0.2, -0.15) is 15.0 Å². The second-order valence-electron chi connectivity index (χ2n) is 20.3. The van der Waals surface area contributed by atoms with Gasteiger partial charge in [0, 0.05) is 18.4 Å². The van der Waals surface area contributed by atoms with Crippen LogP contribution in [0.15, 0.2) is 297 Å². The maximum atomic E-state index is 5.82. The molecule has 0 aliphatic carbocycles. The molecule has 78 heavy (non-hydrogen) atoms. The molecule has 0 bridgehead atoms. The van der Waals surface area contributed by atoms with E-state index < -0.39 is 16.1 Å². The Morgan fingerprint density at radius 3 is 0.756 bits per heavy atom. The summed E-state index contributed by atoms with van der Waals surface area (Å²) in [5.74, 6) is 1.70. The average molecular weight is 1030 g/mol. The molecule has 2 aliphatic rings. The van der Waals surface area contributed by atoms with E-state index in [0.717, 1.165) is 41.2 Å². The van der Waals surface area contributed by atoms with E-state index in [1.165, 1.54) is 63.7 Å². The van der Waals surface area contributed by atoms with E-state index in [2.05, 4.69) is 307 Å². The summed E-state index contributed by atoms with van der Waals surface area (Å²) in [4.78, 5) is 21.9. The second kappa shape index (κ2) is 19.9. The molecule has 0 N–H and O–H groups in total. The summed E-state index contributed by atoms with van der Waals surface area (Å²) < 4.78 is 0. The number of benzene rings is 11. The van der Waals surface area contributed by atoms with Gasteiger partial charge >= 0.3 is 0 Å². The first-order chi connectivity index (χ1) is 38.7. The van der Waals surface area contributed by atoms with Crippen molar-refractivity contribution in [1.82, 2.24) is 15.0 Å². The van der Waals surface area contributed by atoms with Gasteiger partial charge in [0.15, 0.2) is 22.0 Å². The van der Waals surface area contributed by atoms with Crippen LogP contribution in [0, 0.1) is 0 Å². The molecule has 2 aliphatic heterocycles. The Balaban J connectivity index is 1.15. The zero-order chi connectivity index (χ0) is 51.9. The molecule has 11 aromatic carbocycles. The van der Waals surface area contributed by atoms with E-state index >= 15 is 0 Å². The molecular formula is C71H53N5Si2. The molecule has 0 saturated heterocycles. The van der Waals surface area contributed by atoms with Crippen LogP contribution < -0.4 is 51.3 Å². The minimum atomic E-state index is -3.23. The van der Waals surface area contributed by atoms with Gasteiger partial charge in [-0.25, -0.2) is 0 Å². The summed E-state index contributed by atoms with van der Waals surface area (Å²) in [5.41, 5.74) is 10.0. The van der Waals surface area contributed by atoms with E-state index in [1.54, 1.807) is 0 Å². The molecular weight excluding hydrogens is 979 g/mol. The Bertz CT molecular complexity index is 3560. The Kier molecular flexibility index (Phi) is 12.0. The van der Waals surface area contributed by atoms with Gasteiger partial charge in [-0.3, -0.25) is 9.80 Å².